The lowest BCUT2D eigenvalue weighted by Gasteiger charge is -2.58. The monoisotopic (exact) mass is 332 g/mol. The van der Waals surface area contributed by atoms with Gasteiger partial charge in [-0.05, 0) is 49.9 Å². The van der Waals surface area contributed by atoms with E-state index in [2.05, 4.69) is 40.8 Å². The van der Waals surface area contributed by atoms with Crippen LogP contribution >= 0.6 is 0 Å². The van der Waals surface area contributed by atoms with Crippen molar-refractivity contribution in [3.05, 3.63) is 29.6 Å². The van der Waals surface area contributed by atoms with Crippen molar-refractivity contribution in [3.63, 3.8) is 0 Å². The van der Waals surface area contributed by atoms with E-state index in [1.54, 1.807) is 6.33 Å². The van der Waals surface area contributed by atoms with Gasteiger partial charge in [-0.3, -0.25) is 0 Å². The minimum Gasteiger partial charge on any atom is -0.355 e. The third-order valence-electron chi connectivity index (χ3n) is 5.37. The number of aryl methyl sites for hydroxylation is 2. The fourth-order valence-electron chi connectivity index (χ4n) is 3.86. The highest BCUT2D eigenvalue weighted by Crippen LogP contribution is 2.51. The largest absolute Gasteiger partial charge is 0.355 e. The summed E-state index contributed by atoms with van der Waals surface area (Å²) in [4.78, 5) is 11.0. The molecule has 1 aliphatic heterocycles. The van der Waals surface area contributed by atoms with Gasteiger partial charge in [0.1, 0.15) is 12.1 Å². The van der Waals surface area contributed by atoms with Crippen molar-refractivity contribution < 1.29 is 8.42 Å². The van der Waals surface area contributed by atoms with Crippen LogP contribution in [0.1, 0.15) is 24.0 Å². The highest BCUT2D eigenvalue weighted by atomic mass is 32.2. The van der Waals surface area contributed by atoms with Gasteiger partial charge in [0.25, 0.3) is 0 Å². The third kappa shape index (κ3) is 2.30. The molecule has 2 aliphatic rings. The Morgan fingerprint density at radius 2 is 1.83 bits per heavy atom. The van der Waals surface area contributed by atoms with Gasteiger partial charge in [-0.25, -0.2) is 23.5 Å². The van der Waals surface area contributed by atoms with Crippen molar-refractivity contribution in [2.75, 3.05) is 18.0 Å². The molecule has 1 saturated heterocycles. The van der Waals surface area contributed by atoms with Crippen molar-refractivity contribution in [2.45, 2.75) is 31.9 Å². The molecule has 2 heterocycles. The summed E-state index contributed by atoms with van der Waals surface area (Å²) in [6.45, 7) is 5.86. The van der Waals surface area contributed by atoms with Crippen LogP contribution in [0.3, 0.4) is 0 Å². The van der Waals surface area contributed by atoms with Crippen LogP contribution in [-0.2, 0) is 10.0 Å². The quantitative estimate of drug-likeness (QED) is 0.900. The molecule has 7 heteroatoms. The van der Waals surface area contributed by atoms with Gasteiger partial charge in [0.15, 0.2) is 0 Å². The van der Waals surface area contributed by atoms with Gasteiger partial charge in [-0.15, -0.1) is 0 Å². The zero-order chi connectivity index (χ0) is 16.4. The van der Waals surface area contributed by atoms with E-state index in [0.29, 0.717) is 12.8 Å². The summed E-state index contributed by atoms with van der Waals surface area (Å²) in [5, 5.41) is 5.93. The first kappa shape index (κ1) is 14.8. The van der Waals surface area contributed by atoms with E-state index in [1.807, 2.05) is 0 Å². The fourth-order valence-corrected chi connectivity index (χ4v) is 5.04. The van der Waals surface area contributed by atoms with Crippen LogP contribution in [0.25, 0.3) is 10.9 Å². The lowest BCUT2D eigenvalue weighted by atomic mass is 9.63. The maximum Gasteiger partial charge on any atom is 0.212 e. The molecule has 2 aromatic rings. The summed E-state index contributed by atoms with van der Waals surface area (Å²) >= 11 is 0. The summed E-state index contributed by atoms with van der Waals surface area (Å²) < 4.78 is 22.8. The topological polar surface area (TPSA) is 89.2 Å². The van der Waals surface area contributed by atoms with Gasteiger partial charge in [0.05, 0.1) is 10.8 Å². The predicted molar refractivity (Wildman–Crippen MR) is 89.8 cm³/mol. The number of rotatable bonds is 2. The van der Waals surface area contributed by atoms with Crippen LogP contribution in [0, 0.1) is 19.3 Å². The predicted octanol–water partition coefficient (Wildman–Crippen LogP) is 1.50. The molecule has 4 rings (SSSR count). The van der Waals surface area contributed by atoms with Crippen LogP contribution < -0.4 is 10.0 Å². The average Bonchev–Trinajstić information content (AvgIpc) is 2.36. The lowest BCUT2D eigenvalue weighted by molar-refractivity contribution is 0.0937. The lowest BCUT2D eigenvalue weighted by Crippen LogP contribution is -2.65. The second kappa shape index (κ2) is 4.64. The Labute approximate surface area is 135 Å². The molecule has 6 nitrogen and oxygen atoms in total. The smallest absolute Gasteiger partial charge is 0.212 e. The summed E-state index contributed by atoms with van der Waals surface area (Å²) in [6, 6.07) is 4.23. The Bertz CT molecular complexity index is 896. The Morgan fingerprint density at radius 3 is 2.48 bits per heavy atom. The van der Waals surface area contributed by atoms with Gasteiger partial charge < -0.3 is 4.90 Å². The first-order chi connectivity index (χ1) is 10.8. The number of nitrogens with two attached hydrogens (primary N) is 1. The molecular formula is C16H20N4O2S. The molecule has 23 heavy (non-hydrogen) atoms. The molecular weight excluding hydrogens is 312 g/mol. The zero-order valence-corrected chi connectivity index (χ0v) is 14.1. The van der Waals surface area contributed by atoms with E-state index in [-0.39, 0.29) is 10.7 Å². The number of benzene rings is 1. The SMILES string of the molecule is Cc1cc2ncnc(N3CC4(CC(S(N)(=O)=O)C4)C3)c2cc1C. The molecule has 122 valence electrons. The second-order valence-electron chi connectivity index (χ2n) is 7.13. The molecule has 1 aliphatic carbocycles. The Morgan fingerprint density at radius 1 is 1.17 bits per heavy atom. The van der Waals surface area contributed by atoms with E-state index >= 15 is 0 Å². The number of aromatic nitrogens is 2. The Balaban J connectivity index is 1.58. The molecule has 1 spiro atoms. The summed E-state index contributed by atoms with van der Waals surface area (Å²) in [5.74, 6) is 0.947. The molecule has 1 aromatic carbocycles. The number of hydrogen-bond acceptors (Lipinski definition) is 5. The van der Waals surface area contributed by atoms with Gasteiger partial charge in [-0.2, -0.15) is 0 Å². The van der Waals surface area contributed by atoms with E-state index in [9.17, 15) is 8.42 Å². The molecule has 0 amide bonds. The Hall–Kier alpha value is -1.73. The van der Waals surface area contributed by atoms with Crippen molar-refractivity contribution in [3.8, 4) is 0 Å². The number of hydrogen-bond donors (Lipinski definition) is 1. The van der Waals surface area contributed by atoms with Crippen molar-refractivity contribution >= 4 is 26.7 Å². The first-order valence-electron chi connectivity index (χ1n) is 7.76. The van der Waals surface area contributed by atoms with Crippen molar-refractivity contribution in [1.82, 2.24) is 9.97 Å². The van der Waals surface area contributed by atoms with Crippen LogP contribution in [0.4, 0.5) is 5.82 Å². The van der Waals surface area contributed by atoms with Crippen LogP contribution in [0.5, 0.6) is 0 Å². The third-order valence-corrected chi connectivity index (χ3v) is 6.63. The zero-order valence-electron chi connectivity index (χ0n) is 13.3. The fraction of sp³-hybridized carbons (Fsp3) is 0.500. The van der Waals surface area contributed by atoms with Crippen molar-refractivity contribution in [1.29, 1.82) is 0 Å². The molecule has 0 radical (unpaired) electrons. The molecule has 1 aromatic heterocycles. The second-order valence-corrected chi connectivity index (χ2v) is 8.97. The molecule has 0 unspecified atom stereocenters. The summed E-state index contributed by atoms with van der Waals surface area (Å²) in [7, 11) is -3.38. The minimum atomic E-state index is -3.38. The standard InChI is InChI=1S/C16H20N4O2S/c1-10-3-13-14(4-11(10)2)18-9-19-15(13)20-7-16(8-20)5-12(6-16)23(17,21)22/h3-4,9,12H,5-8H2,1-2H3,(H2,17,21,22). The number of anilines is 1. The maximum atomic E-state index is 11.4. The van der Waals surface area contributed by atoms with Crippen molar-refractivity contribution in [2.24, 2.45) is 10.6 Å². The molecule has 2 N–H and O–H groups in total. The number of nitrogens with zero attached hydrogens (tertiary/aromatic N) is 3. The minimum absolute atomic E-state index is 0.105. The summed E-state index contributed by atoms with van der Waals surface area (Å²) in [5.41, 5.74) is 3.50. The highest BCUT2D eigenvalue weighted by molar-refractivity contribution is 7.89. The number of fused-ring (bicyclic) bond motifs is 1. The van der Waals surface area contributed by atoms with Gasteiger partial charge in [0.2, 0.25) is 10.0 Å². The van der Waals surface area contributed by atoms with Gasteiger partial charge in [-0.1, -0.05) is 0 Å². The van der Waals surface area contributed by atoms with E-state index in [4.69, 9.17) is 5.14 Å². The van der Waals surface area contributed by atoms with E-state index < -0.39 is 10.0 Å². The number of primary sulfonamides is 1. The average molecular weight is 332 g/mol. The van der Waals surface area contributed by atoms with E-state index in [0.717, 1.165) is 29.8 Å². The highest BCUT2D eigenvalue weighted by Gasteiger charge is 2.56. The molecule has 0 bridgehead atoms. The normalized spacial score (nSPS) is 20.6. The van der Waals surface area contributed by atoms with Crippen LogP contribution in [0.2, 0.25) is 0 Å². The molecule has 1 saturated carbocycles. The molecule has 0 atom stereocenters. The van der Waals surface area contributed by atoms with Crippen LogP contribution in [-0.4, -0.2) is 36.7 Å². The Kier molecular flexibility index (Phi) is 2.99. The number of sulfonamides is 1. The van der Waals surface area contributed by atoms with Crippen LogP contribution in [0.15, 0.2) is 18.5 Å². The molecule has 2 fully saturated rings. The van der Waals surface area contributed by atoms with Gasteiger partial charge in [0, 0.05) is 23.9 Å². The van der Waals surface area contributed by atoms with Gasteiger partial charge >= 0.3 is 0 Å². The van der Waals surface area contributed by atoms with E-state index in [1.165, 1.54) is 11.1 Å². The summed E-state index contributed by atoms with van der Waals surface area (Å²) in [6.07, 6.45) is 2.94. The maximum absolute atomic E-state index is 11.4. The first-order valence-corrected chi connectivity index (χ1v) is 9.37.